The van der Waals surface area contributed by atoms with Gasteiger partial charge in [-0.3, -0.25) is 0 Å². The number of benzene rings is 3. The van der Waals surface area contributed by atoms with E-state index in [9.17, 15) is 20.1 Å². The molecule has 0 saturated carbocycles. The molecule has 0 amide bonds. The summed E-state index contributed by atoms with van der Waals surface area (Å²) in [6.45, 7) is 4.17. The van der Waals surface area contributed by atoms with E-state index >= 15 is 0 Å². The summed E-state index contributed by atoms with van der Waals surface area (Å²) >= 11 is 0. The van der Waals surface area contributed by atoms with E-state index in [2.05, 4.69) is 6.92 Å². The largest absolute Gasteiger partial charge is 0.507 e. The average Bonchev–Trinajstić information content (AvgIpc) is 3.20. The molecule has 0 aliphatic heterocycles. The summed E-state index contributed by atoms with van der Waals surface area (Å²) < 4.78 is 7.30. The van der Waals surface area contributed by atoms with E-state index in [1.54, 1.807) is 30.3 Å². The number of aliphatic hydroxyl groups excluding tert-OH is 1. The van der Waals surface area contributed by atoms with Crippen LogP contribution in [0.2, 0.25) is 0 Å². The molecule has 0 aliphatic rings. The van der Waals surface area contributed by atoms with Crippen LogP contribution in [0.15, 0.2) is 66.9 Å². The molecule has 0 unspecified atom stereocenters. The molecule has 0 bridgehead atoms. The van der Waals surface area contributed by atoms with Crippen LogP contribution in [0.25, 0.3) is 10.9 Å². The molecule has 1 aromatic heterocycles. The van der Waals surface area contributed by atoms with E-state index in [1.807, 2.05) is 48.0 Å². The van der Waals surface area contributed by atoms with Gasteiger partial charge in [0.2, 0.25) is 0 Å². The van der Waals surface area contributed by atoms with Crippen LogP contribution in [0.4, 0.5) is 0 Å². The number of fused-ring (bicyclic) bond motifs is 1. The second kappa shape index (κ2) is 11.3. The fraction of sp³-hybridized carbons (Fsp3) is 0.300. The van der Waals surface area contributed by atoms with Crippen molar-refractivity contribution in [3.8, 4) is 11.5 Å². The molecule has 4 aromatic rings. The molecule has 0 radical (unpaired) electrons. The minimum absolute atomic E-state index is 0.0727. The highest BCUT2D eigenvalue weighted by Crippen LogP contribution is 2.32. The standard InChI is InChI=1S/C30H33NO5/c1-3-4-9-21-14-28(33)26(29(34)15-21)18-31-17-23(25-11-5-6-12-27(25)31)16-24(32)19-36-30(35)22-10-7-8-20(2)13-22/h5-8,10-15,17,24,32-34H,3-4,9,16,18-19H2,1-2H3/t24-/m0/s1. The summed E-state index contributed by atoms with van der Waals surface area (Å²) in [5.41, 5.74) is 4.60. The van der Waals surface area contributed by atoms with Crippen molar-refractivity contribution in [1.29, 1.82) is 0 Å². The molecule has 0 saturated heterocycles. The van der Waals surface area contributed by atoms with Crippen molar-refractivity contribution >= 4 is 16.9 Å². The Bertz CT molecular complexity index is 1330. The Labute approximate surface area is 211 Å². The average molecular weight is 488 g/mol. The van der Waals surface area contributed by atoms with Gasteiger partial charge in [-0.25, -0.2) is 4.79 Å². The Kier molecular flexibility index (Phi) is 7.96. The van der Waals surface area contributed by atoms with Gasteiger partial charge in [0.15, 0.2) is 0 Å². The zero-order valence-corrected chi connectivity index (χ0v) is 20.8. The summed E-state index contributed by atoms with van der Waals surface area (Å²) in [5.74, 6) is -0.319. The van der Waals surface area contributed by atoms with Gasteiger partial charge in [0.25, 0.3) is 0 Å². The fourth-order valence-corrected chi connectivity index (χ4v) is 4.51. The van der Waals surface area contributed by atoms with Crippen LogP contribution >= 0.6 is 0 Å². The predicted molar refractivity (Wildman–Crippen MR) is 141 cm³/mol. The highest BCUT2D eigenvalue weighted by atomic mass is 16.5. The normalized spacial score (nSPS) is 12.1. The Hall–Kier alpha value is -3.77. The van der Waals surface area contributed by atoms with Crippen molar-refractivity contribution in [2.45, 2.75) is 52.2 Å². The second-order valence-corrected chi connectivity index (χ2v) is 9.34. The monoisotopic (exact) mass is 487 g/mol. The van der Waals surface area contributed by atoms with Gasteiger partial charge in [-0.15, -0.1) is 0 Å². The first kappa shape index (κ1) is 25.3. The van der Waals surface area contributed by atoms with E-state index in [0.717, 1.165) is 46.9 Å². The maximum Gasteiger partial charge on any atom is 0.338 e. The number of hydrogen-bond donors (Lipinski definition) is 3. The maximum atomic E-state index is 12.3. The van der Waals surface area contributed by atoms with Crippen molar-refractivity contribution in [3.05, 3.63) is 94.7 Å². The predicted octanol–water partition coefficient (Wildman–Crippen LogP) is 5.51. The van der Waals surface area contributed by atoms with Crippen LogP contribution in [0.3, 0.4) is 0 Å². The number of para-hydroxylation sites is 1. The third-order valence-electron chi connectivity index (χ3n) is 6.40. The highest BCUT2D eigenvalue weighted by Gasteiger charge is 2.17. The SMILES string of the molecule is CCCCc1cc(O)c(Cn2cc(C[C@H](O)COC(=O)c3cccc(C)c3)c3ccccc32)c(O)c1. The van der Waals surface area contributed by atoms with Crippen LogP contribution in [0.5, 0.6) is 11.5 Å². The van der Waals surface area contributed by atoms with Crippen LogP contribution < -0.4 is 0 Å². The van der Waals surface area contributed by atoms with Crippen molar-refractivity contribution in [2.24, 2.45) is 0 Å². The lowest BCUT2D eigenvalue weighted by Gasteiger charge is -2.12. The summed E-state index contributed by atoms with van der Waals surface area (Å²) in [5, 5.41) is 32.8. The van der Waals surface area contributed by atoms with Crippen LogP contribution in [-0.4, -0.2) is 38.6 Å². The Morgan fingerprint density at radius 1 is 1.03 bits per heavy atom. The lowest BCUT2D eigenvalue weighted by atomic mass is 10.0. The van der Waals surface area contributed by atoms with Crippen LogP contribution in [-0.2, 0) is 24.1 Å². The minimum Gasteiger partial charge on any atom is -0.507 e. The summed E-state index contributed by atoms with van der Waals surface area (Å²) in [6.07, 6.45) is 4.17. The number of hydrogen-bond acceptors (Lipinski definition) is 5. The lowest BCUT2D eigenvalue weighted by molar-refractivity contribution is 0.0259. The van der Waals surface area contributed by atoms with Gasteiger partial charge in [0.1, 0.15) is 18.1 Å². The number of unbranched alkanes of at least 4 members (excludes halogenated alkanes) is 1. The van der Waals surface area contributed by atoms with Crippen molar-refractivity contribution in [1.82, 2.24) is 4.57 Å². The third kappa shape index (κ3) is 5.89. The van der Waals surface area contributed by atoms with Gasteiger partial charge in [0, 0.05) is 23.5 Å². The topological polar surface area (TPSA) is 91.9 Å². The Balaban J connectivity index is 1.50. The molecule has 1 atom stereocenters. The molecule has 36 heavy (non-hydrogen) atoms. The second-order valence-electron chi connectivity index (χ2n) is 9.34. The number of nitrogens with zero attached hydrogens (tertiary/aromatic N) is 1. The van der Waals surface area contributed by atoms with E-state index < -0.39 is 12.1 Å². The zero-order chi connectivity index (χ0) is 25.7. The van der Waals surface area contributed by atoms with Gasteiger partial charge in [0.05, 0.1) is 23.8 Å². The number of esters is 1. The Morgan fingerprint density at radius 3 is 2.50 bits per heavy atom. The molecule has 0 aliphatic carbocycles. The van der Waals surface area contributed by atoms with Gasteiger partial charge < -0.3 is 24.6 Å². The van der Waals surface area contributed by atoms with Gasteiger partial charge in [-0.1, -0.05) is 49.2 Å². The van der Waals surface area contributed by atoms with Gasteiger partial charge in [-0.2, -0.15) is 0 Å². The van der Waals surface area contributed by atoms with E-state index in [0.29, 0.717) is 17.5 Å². The number of rotatable bonds is 10. The summed E-state index contributed by atoms with van der Waals surface area (Å²) in [7, 11) is 0. The first-order chi connectivity index (χ1) is 17.4. The number of aliphatic hydroxyl groups is 1. The molecule has 0 fully saturated rings. The lowest BCUT2D eigenvalue weighted by Crippen LogP contribution is -2.21. The van der Waals surface area contributed by atoms with Crippen molar-refractivity contribution < 1.29 is 24.9 Å². The first-order valence-corrected chi connectivity index (χ1v) is 12.4. The quantitative estimate of drug-likeness (QED) is 0.257. The van der Waals surface area contributed by atoms with Crippen molar-refractivity contribution in [2.75, 3.05) is 6.61 Å². The molecule has 188 valence electrons. The first-order valence-electron chi connectivity index (χ1n) is 12.4. The molecule has 3 N–H and O–H groups in total. The maximum absolute atomic E-state index is 12.3. The van der Waals surface area contributed by atoms with E-state index in [4.69, 9.17) is 4.74 Å². The molecule has 3 aromatic carbocycles. The van der Waals surface area contributed by atoms with Crippen molar-refractivity contribution in [3.63, 3.8) is 0 Å². The molecular formula is C30H33NO5. The number of aromatic hydroxyl groups is 2. The Morgan fingerprint density at radius 2 is 1.78 bits per heavy atom. The number of phenols is 2. The molecule has 0 spiro atoms. The third-order valence-corrected chi connectivity index (χ3v) is 6.40. The number of aryl methyl sites for hydroxylation is 2. The molecule has 6 nitrogen and oxygen atoms in total. The number of carbonyl (C=O) groups is 1. The van der Waals surface area contributed by atoms with E-state index in [-0.39, 0.29) is 24.7 Å². The summed E-state index contributed by atoms with van der Waals surface area (Å²) in [4.78, 5) is 12.3. The molecular weight excluding hydrogens is 454 g/mol. The van der Waals surface area contributed by atoms with Gasteiger partial charge >= 0.3 is 5.97 Å². The van der Waals surface area contributed by atoms with E-state index in [1.165, 1.54) is 0 Å². The van der Waals surface area contributed by atoms with Crippen LogP contribution in [0, 0.1) is 6.92 Å². The number of phenolic OH excluding ortho intramolecular Hbond substituents is 2. The molecule has 4 rings (SSSR count). The number of aromatic nitrogens is 1. The molecule has 6 heteroatoms. The highest BCUT2D eigenvalue weighted by molar-refractivity contribution is 5.89. The summed E-state index contributed by atoms with van der Waals surface area (Å²) in [6, 6.07) is 18.4. The number of ether oxygens (including phenoxy) is 1. The fourth-order valence-electron chi connectivity index (χ4n) is 4.51. The minimum atomic E-state index is -0.877. The van der Waals surface area contributed by atoms with Gasteiger partial charge in [-0.05, 0) is 61.2 Å². The smallest absolute Gasteiger partial charge is 0.338 e. The number of carbonyl (C=O) groups excluding carboxylic acids is 1. The zero-order valence-electron chi connectivity index (χ0n) is 20.8. The van der Waals surface area contributed by atoms with Crippen LogP contribution in [0.1, 0.15) is 52.4 Å². The molecule has 1 heterocycles.